The Morgan fingerprint density at radius 1 is 0.700 bits per heavy atom. The fourth-order valence-corrected chi connectivity index (χ4v) is 4.89. The molecule has 5 aromatic rings. The second-order valence-corrected chi connectivity index (χ2v) is 8.32. The molecule has 0 aliphatic carbocycles. The van der Waals surface area contributed by atoms with E-state index < -0.39 is 0 Å². The molecule has 2 aromatic heterocycles. The number of nitrogens with zero attached hydrogens (tertiary/aromatic N) is 3. The second kappa shape index (κ2) is 6.81. The van der Waals surface area contributed by atoms with Crippen LogP contribution < -0.4 is 9.25 Å². The summed E-state index contributed by atoms with van der Waals surface area (Å²) in [6.07, 6.45) is 4.47. The van der Waals surface area contributed by atoms with E-state index in [2.05, 4.69) is 122 Å². The summed E-state index contributed by atoms with van der Waals surface area (Å²) in [6, 6.07) is 21.7. The largest absolute Gasteiger partial charge is 0.219 e. The fraction of sp³-hybridized carbons (Fsp3) is 0.185. The Morgan fingerprint density at radius 3 is 2.13 bits per heavy atom. The zero-order valence-electron chi connectivity index (χ0n) is 18.3. The van der Waals surface area contributed by atoms with Gasteiger partial charge in [-0.05, 0) is 56.0 Å². The van der Waals surface area contributed by atoms with E-state index in [1.165, 1.54) is 55.4 Å². The van der Waals surface area contributed by atoms with Crippen molar-refractivity contribution < 1.29 is 9.25 Å². The molecular formula is C27H27N3+2. The van der Waals surface area contributed by atoms with Crippen LogP contribution in [0.1, 0.15) is 22.4 Å². The molecule has 0 unspecified atom stereocenters. The molecule has 0 aliphatic heterocycles. The number of aryl methyl sites for hydroxylation is 4. The lowest BCUT2D eigenvalue weighted by atomic mass is 10.0. The van der Waals surface area contributed by atoms with E-state index in [9.17, 15) is 0 Å². The van der Waals surface area contributed by atoms with Crippen LogP contribution in [-0.4, -0.2) is 4.68 Å². The molecule has 2 heterocycles. The molecule has 0 radical (unpaired) electrons. The molecule has 30 heavy (non-hydrogen) atoms. The van der Waals surface area contributed by atoms with Gasteiger partial charge in [0.25, 0.3) is 0 Å². The van der Waals surface area contributed by atoms with Gasteiger partial charge in [-0.1, -0.05) is 30.3 Å². The van der Waals surface area contributed by atoms with Gasteiger partial charge in [-0.15, -0.1) is 9.36 Å². The monoisotopic (exact) mass is 393 g/mol. The Kier molecular flexibility index (Phi) is 4.21. The van der Waals surface area contributed by atoms with Crippen LogP contribution in [0.5, 0.6) is 0 Å². The normalized spacial score (nSPS) is 11.5. The van der Waals surface area contributed by atoms with Crippen LogP contribution in [-0.2, 0) is 7.05 Å². The van der Waals surface area contributed by atoms with Crippen molar-refractivity contribution in [2.75, 3.05) is 0 Å². The summed E-state index contributed by atoms with van der Waals surface area (Å²) < 4.78 is 6.87. The Bertz CT molecular complexity index is 1440. The minimum absolute atomic E-state index is 1.22. The van der Waals surface area contributed by atoms with Crippen LogP contribution in [0.2, 0.25) is 0 Å². The lowest BCUT2D eigenvalue weighted by Gasteiger charge is -2.14. The number of aromatic nitrogens is 3. The van der Waals surface area contributed by atoms with E-state index in [0.717, 1.165) is 0 Å². The number of benzene rings is 3. The molecule has 148 valence electrons. The summed E-state index contributed by atoms with van der Waals surface area (Å²) in [6.45, 7) is 8.87. The number of pyridine rings is 1. The Hall–Kier alpha value is -3.46. The average molecular weight is 394 g/mol. The highest BCUT2D eigenvalue weighted by molar-refractivity contribution is 5.81. The maximum absolute atomic E-state index is 2.35. The predicted octanol–water partition coefficient (Wildman–Crippen LogP) is 5.12. The molecule has 0 fully saturated rings. The van der Waals surface area contributed by atoms with Gasteiger partial charge in [-0.25, -0.2) is 0 Å². The summed E-state index contributed by atoms with van der Waals surface area (Å²) in [5.41, 5.74) is 8.82. The smallest absolute Gasteiger partial charge is 0.164 e. The Labute approximate surface area is 177 Å². The van der Waals surface area contributed by atoms with E-state index in [1.54, 1.807) is 0 Å². The van der Waals surface area contributed by atoms with Crippen molar-refractivity contribution in [1.82, 2.24) is 4.68 Å². The SMILES string of the molecule is Cc1cc(C)c(-[n+]2cc3ccccc3cc2C)c(C)c1-n1c2ccccc2c[n+]1C. The molecule has 0 saturated carbocycles. The van der Waals surface area contributed by atoms with Gasteiger partial charge < -0.3 is 0 Å². The van der Waals surface area contributed by atoms with Crippen molar-refractivity contribution in [2.24, 2.45) is 7.05 Å². The van der Waals surface area contributed by atoms with E-state index in [1.807, 2.05) is 0 Å². The molecule has 0 N–H and O–H groups in total. The third-order valence-electron chi connectivity index (χ3n) is 6.16. The standard InChI is InChI=1S/C27H27N3/c1-18-14-19(2)27(30-25-13-9-8-12-24(25)16-28(30)5)21(4)26(18)29-17-23-11-7-6-10-22(23)15-20(29)3/h6-17H,1-5H3/q+2. The highest BCUT2D eigenvalue weighted by atomic mass is 15.4. The van der Waals surface area contributed by atoms with Gasteiger partial charge in [-0.3, -0.25) is 0 Å². The van der Waals surface area contributed by atoms with Gasteiger partial charge in [0.15, 0.2) is 18.9 Å². The van der Waals surface area contributed by atoms with Crippen LogP contribution in [0, 0.1) is 27.7 Å². The van der Waals surface area contributed by atoms with Crippen LogP contribution in [0.25, 0.3) is 33.1 Å². The van der Waals surface area contributed by atoms with Crippen molar-refractivity contribution >= 4 is 21.7 Å². The first-order valence-electron chi connectivity index (χ1n) is 10.4. The van der Waals surface area contributed by atoms with Gasteiger partial charge in [0.1, 0.15) is 11.2 Å². The van der Waals surface area contributed by atoms with Crippen molar-refractivity contribution in [2.45, 2.75) is 27.7 Å². The maximum atomic E-state index is 2.35. The molecular weight excluding hydrogens is 366 g/mol. The van der Waals surface area contributed by atoms with Gasteiger partial charge >= 0.3 is 0 Å². The average Bonchev–Trinajstić information content (AvgIpc) is 3.04. The summed E-state index contributed by atoms with van der Waals surface area (Å²) in [5, 5.41) is 3.77. The molecule has 0 atom stereocenters. The first-order valence-corrected chi connectivity index (χ1v) is 10.4. The molecule has 3 nitrogen and oxygen atoms in total. The van der Waals surface area contributed by atoms with Gasteiger partial charge in [-0.2, -0.15) is 4.57 Å². The third-order valence-corrected chi connectivity index (χ3v) is 6.16. The van der Waals surface area contributed by atoms with E-state index in [4.69, 9.17) is 0 Å². The first-order chi connectivity index (χ1) is 14.5. The molecule has 0 bridgehead atoms. The van der Waals surface area contributed by atoms with Crippen molar-refractivity contribution in [1.29, 1.82) is 0 Å². The van der Waals surface area contributed by atoms with Crippen LogP contribution in [0.15, 0.2) is 73.1 Å². The maximum Gasteiger partial charge on any atom is 0.219 e. The molecule has 0 spiro atoms. The van der Waals surface area contributed by atoms with Crippen molar-refractivity contribution in [3.8, 4) is 11.4 Å². The van der Waals surface area contributed by atoms with Crippen molar-refractivity contribution in [3.05, 3.63) is 95.4 Å². The molecule has 3 heteroatoms. The topological polar surface area (TPSA) is 12.7 Å². The van der Waals surface area contributed by atoms with Crippen molar-refractivity contribution in [3.63, 3.8) is 0 Å². The number of fused-ring (bicyclic) bond motifs is 2. The number of hydrogen-bond acceptors (Lipinski definition) is 0. The molecule has 0 amide bonds. The van der Waals surface area contributed by atoms with Crippen LogP contribution in [0.3, 0.4) is 0 Å². The Balaban J connectivity index is 1.84. The van der Waals surface area contributed by atoms with Gasteiger partial charge in [0.2, 0.25) is 11.9 Å². The quantitative estimate of drug-likeness (QED) is 0.369. The zero-order chi connectivity index (χ0) is 21.0. The zero-order valence-corrected chi connectivity index (χ0v) is 18.3. The number of rotatable bonds is 2. The minimum atomic E-state index is 1.22. The predicted molar refractivity (Wildman–Crippen MR) is 122 cm³/mol. The fourth-order valence-electron chi connectivity index (χ4n) is 4.89. The molecule has 3 aromatic carbocycles. The summed E-state index contributed by atoms with van der Waals surface area (Å²) in [7, 11) is 2.12. The molecule has 0 aliphatic rings. The third kappa shape index (κ3) is 2.73. The molecule has 0 saturated heterocycles. The highest BCUT2D eigenvalue weighted by Crippen LogP contribution is 2.28. The van der Waals surface area contributed by atoms with E-state index in [0.29, 0.717) is 0 Å². The lowest BCUT2D eigenvalue weighted by Crippen LogP contribution is -2.40. The molecule has 5 rings (SSSR count). The minimum Gasteiger partial charge on any atom is -0.164 e. The lowest BCUT2D eigenvalue weighted by molar-refractivity contribution is -0.742. The summed E-state index contributed by atoms with van der Waals surface area (Å²) in [5.74, 6) is 0. The number of para-hydroxylation sites is 1. The summed E-state index contributed by atoms with van der Waals surface area (Å²) in [4.78, 5) is 0. The second-order valence-electron chi connectivity index (χ2n) is 8.32. The summed E-state index contributed by atoms with van der Waals surface area (Å²) >= 11 is 0. The van der Waals surface area contributed by atoms with Crippen LogP contribution >= 0.6 is 0 Å². The number of hydrogen-bond donors (Lipinski definition) is 0. The van der Waals surface area contributed by atoms with E-state index in [-0.39, 0.29) is 0 Å². The van der Waals surface area contributed by atoms with Gasteiger partial charge in [0, 0.05) is 23.9 Å². The van der Waals surface area contributed by atoms with E-state index >= 15 is 0 Å². The van der Waals surface area contributed by atoms with Crippen LogP contribution in [0.4, 0.5) is 0 Å². The Morgan fingerprint density at radius 2 is 1.37 bits per heavy atom. The highest BCUT2D eigenvalue weighted by Gasteiger charge is 2.26. The first kappa shape index (κ1) is 18.6. The van der Waals surface area contributed by atoms with Gasteiger partial charge in [0.05, 0.1) is 10.9 Å².